The van der Waals surface area contributed by atoms with Crippen LogP contribution < -0.4 is 11.3 Å². The summed E-state index contributed by atoms with van der Waals surface area (Å²) in [5, 5.41) is 2.26. The summed E-state index contributed by atoms with van der Waals surface area (Å²) in [5.74, 6) is 5.68. The molecule has 2 rings (SSSR count). The van der Waals surface area contributed by atoms with Gasteiger partial charge in [-0.3, -0.25) is 16.3 Å². The van der Waals surface area contributed by atoms with Gasteiger partial charge in [-0.1, -0.05) is 18.2 Å². The third kappa shape index (κ3) is 2.51. The fraction of sp³-hybridized carbons (Fsp3) is 0.357. The Bertz CT molecular complexity index is 510. The molecule has 96 valence electrons. The second kappa shape index (κ2) is 5.91. The van der Waals surface area contributed by atoms with Crippen LogP contribution in [-0.2, 0) is 4.74 Å². The molecule has 0 saturated heterocycles. The molecule has 2 unspecified atom stereocenters. The Hall–Kier alpha value is -1.49. The highest BCUT2D eigenvalue weighted by molar-refractivity contribution is 5.85. The first-order chi connectivity index (χ1) is 8.77. The Morgan fingerprint density at radius 2 is 2.22 bits per heavy atom. The van der Waals surface area contributed by atoms with E-state index in [1.807, 2.05) is 32.2 Å². The van der Waals surface area contributed by atoms with Gasteiger partial charge in [0.15, 0.2) is 0 Å². The third-order valence-electron chi connectivity index (χ3n) is 3.13. The van der Waals surface area contributed by atoms with Crippen molar-refractivity contribution in [2.75, 3.05) is 6.61 Å². The van der Waals surface area contributed by atoms with Gasteiger partial charge < -0.3 is 4.74 Å². The summed E-state index contributed by atoms with van der Waals surface area (Å²) >= 11 is 0. The van der Waals surface area contributed by atoms with Gasteiger partial charge in [0.05, 0.1) is 12.1 Å². The van der Waals surface area contributed by atoms with E-state index in [2.05, 4.69) is 22.5 Å². The Balaban J connectivity index is 2.44. The molecule has 3 N–H and O–H groups in total. The number of ether oxygens (including phenoxy) is 1. The molecule has 0 aliphatic carbocycles. The highest BCUT2D eigenvalue weighted by Crippen LogP contribution is 2.26. The first-order valence-electron chi connectivity index (χ1n) is 6.18. The maximum atomic E-state index is 5.68. The predicted octanol–water partition coefficient (Wildman–Crippen LogP) is 2.16. The van der Waals surface area contributed by atoms with E-state index >= 15 is 0 Å². The Morgan fingerprint density at radius 1 is 1.39 bits per heavy atom. The topological polar surface area (TPSA) is 60.2 Å². The fourth-order valence-corrected chi connectivity index (χ4v) is 2.25. The van der Waals surface area contributed by atoms with Crippen molar-refractivity contribution in [2.24, 2.45) is 5.84 Å². The summed E-state index contributed by atoms with van der Waals surface area (Å²) in [6, 6.07) is 8.11. The van der Waals surface area contributed by atoms with Crippen molar-refractivity contribution in [3.05, 3.63) is 42.2 Å². The average molecular weight is 245 g/mol. The summed E-state index contributed by atoms with van der Waals surface area (Å²) in [5.41, 5.74) is 3.96. The van der Waals surface area contributed by atoms with Crippen LogP contribution in [0.15, 0.2) is 36.7 Å². The van der Waals surface area contributed by atoms with E-state index in [0.717, 1.165) is 16.3 Å². The SMILES string of the molecule is CCOC(C)C(NN)c1cccc2ccncc12. The van der Waals surface area contributed by atoms with Crippen LogP contribution in [0.25, 0.3) is 10.8 Å². The van der Waals surface area contributed by atoms with Crippen molar-refractivity contribution in [3.63, 3.8) is 0 Å². The number of pyridine rings is 1. The maximum Gasteiger partial charge on any atom is 0.0754 e. The summed E-state index contributed by atoms with van der Waals surface area (Å²) in [6.07, 6.45) is 3.67. The molecule has 0 fully saturated rings. The maximum absolute atomic E-state index is 5.68. The van der Waals surface area contributed by atoms with Crippen molar-refractivity contribution in [2.45, 2.75) is 26.0 Å². The molecule has 0 saturated carbocycles. The summed E-state index contributed by atoms with van der Waals surface area (Å²) < 4.78 is 5.64. The van der Waals surface area contributed by atoms with E-state index in [-0.39, 0.29) is 12.1 Å². The molecule has 0 aliphatic heterocycles. The lowest BCUT2D eigenvalue weighted by Crippen LogP contribution is -2.36. The van der Waals surface area contributed by atoms with Gasteiger partial charge >= 0.3 is 0 Å². The van der Waals surface area contributed by atoms with Crippen LogP contribution in [0.2, 0.25) is 0 Å². The van der Waals surface area contributed by atoms with Gasteiger partial charge in [-0.15, -0.1) is 0 Å². The van der Waals surface area contributed by atoms with E-state index in [4.69, 9.17) is 10.6 Å². The smallest absolute Gasteiger partial charge is 0.0754 e. The first-order valence-corrected chi connectivity index (χ1v) is 6.18. The molecule has 0 radical (unpaired) electrons. The molecule has 0 bridgehead atoms. The fourth-order valence-electron chi connectivity index (χ4n) is 2.25. The highest BCUT2D eigenvalue weighted by Gasteiger charge is 2.20. The second-order valence-electron chi connectivity index (χ2n) is 4.25. The summed E-state index contributed by atoms with van der Waals surface area (Å²) in [6.45, 7) is 4.67. The van der Waals surface area contributed by atoms with Gasteiger partial charge in [-0.05, 0) is 30.9 Å². The van der Waals surface area contributed by atoms with Crippen LogP contribution in [0.1, 0.15) is 25.5 Å². The Morgan fingerprint density at radius 3 is 2.94 bits per heavy atom. The number of fused-ring (bicyclic) bond motifs is 1. The molecule has 2 atom stereocenters. The van der Waals surface area contributed by atoms with Gasteiger partial charge in [0, 0.05) is 24.4 Å². The van der Waals surface area contributed by atoms with E-state index in [1.54, 1.807) is 6.20 Å². The van der Waals surface area contributed by atoms with Gasteiger partial charge in [-0.2, -0.15) is 0 Å². The van der Waals surface area contributed by atoms with E-state index < -0.39 is 0 Å². The quantitative estimate of drug-likeness (QED) is 0.626. The zero-order valence-corrected chi connectivity index (χ0v) is 10.8. The molecule has 2 aromatic rings. The van der Waals surface area contributed by atoms with Crippen LogP contribution in [0.4, 0.5) is 0 Å². The zero-order valence-electron chi connectivity index (χ0n) is 10.8. The number of rotatable bonds is 5. The van der Waals surface area contributed by atoms with Crippen molar-refractivity contribution < 1.29 is 4.74 Å². The molecule has 1 heterocycles. The van der Waals surface area contributed by atoms with Crippen LogP contribution in [0.5, 0.6) is 0 Å². The summed E-state index contributed by atoms with van der Waals surface area (Å²) in [7, 11) is 0. The number of benzene rings is 1. The second-order valence-corrected chi connectivity index (χ2v) is 4.25. The van der Waals surface area contributed by atoms with Gasteiger partial charge in [0.1, 0.15) is 0 Å². The standard InChI is InChI=1S/C14H19N3O/c1-3-18-10(2)14(17-15)12-6-4-5-11-7-8-16-9-13(11)12/h4-10,14,17H,3,15H2,1-2H3. The zero-order chi connectivity index (χ0) is 13.0. The number of nitrogens with two attached hydrogens (primary N) is 1. The molecule has 0 aliphatic rings. The normalized spacial score (nSPS) is 14.6. The van der Waals surface area contributed by atoms with E-state index in [1.165, 1.54) is 0 Å². The van der Waals surface area contributed by atoms with Crippen LogP contribution in [0.3, 0.4) is 0 Å². The van der Waals surface area contributed by atoms with Crippen molar-refractivity contribution in [1.29, 1.82) is 0 Å². The van der Waals surface area contributed by atoms with Crippen molar-refractivity contribution >= 4 is 10.8 Å². The lowest BCUT2D eigenvalue weighted by Gasteiger charge is -2.24. The average Bonchev–Trinajstić information content (AvgIpc) is 2.40. The lowest BCUT2D eigenvalue weighted by atomic mass is 9.97. The lowest BCUT2D eigenvalue weighted by molar-refractivity contribution is 0.0476. The summed E-state index contributed by atoms with van der Waals surface area (Å²) in [4.78, 5) is 4.19. The third-order valence-corrected chi connectivity index (χ3v) is 3.13. The number of hydrogen-bond donors (Lipinski definition) is 2. The molecule has 1 aromatic heterocycles. The highest BCUT2D eigenvalue weighted by atomic mass is 16.5. The minimum atomic E-state index is -0.0437. The van der Waals surface area contributed by atoms with Gasteiger partial charge in [0.2, 0.25) is 0 Å². The predicted molar refractivity (Wildman–Crippen MR) is 72.9 cm³/mol. The molecule has 18 heavy (non-hydrogen) atoms. The van der Waals surface area contributed by atoms with Crippen LogP contribution >= 0.6 is 0 Å². The molecule has 1 aromatic carbocycles. The molecule has 4 heteroatoms. The minimum Gasteiger partial charge on any atom is -0.377 e. The number of nitrogens with one attached hydrogen (secondary N) is 1. The minimum absolute atomic E-state index is 0.00538. The number of hydrazine groups is 1. The number of hydrogen-bond acceptors (Lipinski definition) is 4. The van der Waals surface area contributed by atoms with Crippen molar-refractivity contribution in [1.82, 2.24) is 10.4 Å². The van der Waals surface area contributed by atoms with Gasteiger partial charge in [-0.25, -0.2) is 0 Å². The largest absolute Gasteiger partial charge is 0.377 e. The number of nitrogens with zero attached hydrogens (tertiary/aromatic N) is 1. The molecule has 0 spiro atoms. The molecule has 4 nitrogen and oxygen atoms in total. The monoisotopic (exact) mass is 245 g/mol. The Labute approximate surface area is 107 Å². The van der Waals surface area contributed by atoms with E-state index in [0.29, 0.717) is 6.61 Å². The molecule has 0 amide bonds. The van der Waals surface area contributed by atoms with Crippen LogP contribution in [0, 0.1) is 0 Å². The Kier molecular flexibility index (Phi) is 4.25. The molecular weight excluding hydrogens is 226 g/mol. The van der Waals surface area contributed by atoms with Crippen LogP contribution in [-0.4, -0.2) is 17.7 Å². The van der Waals surface area contributed by atoms with Crippen molar-refractivity contribution in [3.8, 4) is 0 Å². The first kappa shape index (κ1) is 13.0. The molecular formula is C14H19N3O. The number of aromatic nitrogens is 1. The van der Waals surface area contributed by atoms with E-state index in [9.17, 15) is 0 Å². The van der Waals surface area contributed by atoms with Gasteiger partial charge in [0.25, 0.3) is 0 Å².